The monoisotopic (exact) mass is 523 g/mol. The Morgan fingerprint density at radius 1 is 0.816 bits per heavy atom. The first-order valence-electron chi connectivity index (χ1n) is 13.8. The largest absolute Gasteiger partial charge is 0.493 e. The lowest BCUT2D eigenvalue weighted by Crippen LogP contribution is -2.57. The summed E-state index contributed by atoms with van der Waals surface area (Å²) in [6.07, 6.45) is 1.72. The topological polar surface area (TPSA) is 45.1 Å². The van der Waals surface area contributed by atoms with E-state index in [0.29, 0.717) is 30.7 Å². The van der Waals surface area contributed by atoms with Crippen molar-refractivity contribution in [2.24, 2.45) is 28.3 Å². The smallest absolute Gasteiger partial charge is 0.333 e. The number of hydrogen-bond donors (Lipinski definition) is 0. The number of carbonyl (C=O) groups excluding carboxylic acids is 1. The van der Waals surface area contributed by atoms with Crippen molar-refractivity contribution in [3.05, 3.63) is 71.8 Å². The van der Waals surface area contributed by atoms with Crippen LogP contribution in [0, 0.1) is 23.2 Å². The highest BCUT2D eigenvalue weighted by Gasteiger charge is 2.59. The Hall–Kier alpha value is -3.03. The molecule has 38 heavy (non-hydrogen) atoms. The predicted molar refractivity (Wildman–Crippen MR) is 136 cm³/mol. The van der Waals surface area contributed by atoms with Gasteiger partial charge in [-0.3, -0.25) is 0 Å². The van der Waals surface area contributed by atoms with Gasteiger partial charge in [0.1, 0.15) is 5.84 Å². The zero-order chi connectivity index (χ0) is 26.1. The van der Waals surface area contributed by atoms with Crippen LogP contribution in [-0.4, -0.2) is 40.8 Å². The summed E-state index contributed by atoms with van der Waals surface area (Å²) in [7, 11) is 0. The number of fused-ring (bicyclic) bond motifs is 1. The van der Waals surface area contributed by atoms with Crippen molar-refractivity contribution in [1.29, 1.82) is 0 Å². The molecule has 0 radical (unpaired) electrons. The normalized spacial score (nSPS) is 35.7. The average Bonchev–Trinajstić information content (AvgIpc) is 3.26. The molecule has 0 spiro atoms. The van der Waals surface area contributed by atoms with Gasteiger partial charge >= 0.3 is 12.1 Å². The van der Waals surface area contributed by atoms with Crippen LogP contribution in [-0.2, 0) is 9.63 Å². The number of carbonyl (C=O) groups is 1. The molecule has 200 valence electrons. The molecule has 1 saturated heterocycles. The summed E-state index contributed by atoms with van der Waals surface area (Å²) in [4.78, 5) is 19.2. The Morgan fingerprint density at radius 3 is 1.87 bits per heavy atom. The van der Waals surface area contributed by atoms with Gasteiger partial charge in [0.25, 0.3) is 0 Å². The van der Waals surface area contributed by atoms with E-state index < -0.39 is 18.3 Å². The zero-order valence-corrected chi connectivity index (χ0v) is 21.2. The van der Waals surface area contributed by atoms with Gasteiger partial charge in [0, 0.05) is 17.9 Å². The minimum absolute atomic E-state index is 0.0397. The van der Waals surface area contributed by atoms with Gasteiger partial charge in [-0.05, 0) is 79.7 Å². The van der Waals surface area contributed by atoms with Gasteiger partial charge in [0.2, 0.25) is 0 Å². The van der Waals surface area contributed by atoms with Crippen LogP contribution in [0.1, 0.15) is 67.9 Å². The lowest BCUT2D eigenvalue weighted by Gasteiger charge is -2.58. The molecule has 3 atom stereocenters. The fourth-order valence-electron chi connectivity index (χ4n) is 8.75. The Bertz CT molecular complexity index is 1200. The third-order valence-corrected chi connectivity index (χ3v) is 9.80. The van der Waals surface area contributed by atoms with Crippen LogP contribution in [0.25, 0.3) is 0 Å². The summed E-state index contributed by atoms with van der Waals surface area (Å²) in [6.45, 7) is 0.620. The minimum atomic E-state index is -5.08. The first-order valence-corrected chi connectivity index (χ1v) is 13.8. The molecular weight excluding hydrogens is 491 g/mol. The molecule has 8 heteroatoms. The van der Waals surface area contributed by atoms with Crippen LogP contribution in [0.4, 0.5) is 13.2 Å². The van der Waals surface area contributed by atoms with Crippen LogP contribution in [0.5, 0.6) is 0 Å². The second kappa shape index (κ2) is 8.75. The van der Waals surface area contributed by atoms with E-state index in [1.165, 1.54) is 24.8 Å². The number of halogens is 3. The van der Waals surface area contributed by atoms with E-state index in [9.17, 15) is 18.0 Å². The van der Waals surface area contributed by atoms with E-state index in [0.717, 1.165) is 35.8 Å². The molecule has 5 nitrogen and oxygen atoms in total. The summed E-state index contributed by atoms with van der Waals surface area (Å²) >= 11 is 0. The van der Waals surface area contributed by atoms with E-state index in [2.05, 4.69) is 29.2 Å². The van der Waals surface area contributed by atoms with E-state index >= 15 is 0 Å². The Morgan fingerprint density at radius 2 is 1.34 bits per heavy atom. The fraction of sp³-hybridized carbons (Fsp3) is 0.533. The molecule has 0 amide bonds. The van der Waals surface area contributed by atoms with Crippen molar-refractivity contribution in [2.45, 2.75) is 69.1 Å². The summed E-state index contributed by atoms with van der Waals surface area (Å²) in [5.41, 5.74) is 2.19. The Balaban J connectivity index is 1.29. The van der Waals surface area contributed by atoms with Crippen LogP contribution >= 0.6 is 0 Å². The molecule has 2 aromatic carbocycles. The number of hydrogen-bond acceptors (Lipinski definition) is 5. The molecule has 0 aromatic heterocycles. The van der Waals surface area contributed by atoms with Gasteiger partial charge in [-0.15, -0.1) is 5.10 Å². The molecule has 3 unspecified atom stereocenters. The maximum atomic E-state index is 13.3. The van der Waals surface area contributed by atoms with Crippen molar-refractivity contribution in [2.75, 3.05) is 6.54 Å². The number of piperidine rings is 1. The van der Waals surface area contributed by atoms with Gasteiger partial charge in [-0.1, -0.05) is 65.8 Å². The first-order chi connectivity index (χ1) is 18.3. The Kier molecular flexibility index (Phi) is 5.53. The SMILES string of the molecule is O=C(ON1N=C(C23CC4CC(CC(C4)C2)C3)N2CC(c3ccccc3)C(c3ccccc3)CC12)C(F)(F)F. The Labute approximate surface area is 220 Å². The van der Waals surface area contributed by atoms with Gasteiger partial charge < -0.3 is 9.74 Å². The van der Waals surface area contributed by atoms with Gasteiger partial charge in [-0.25, -0.2) is 4.79 Å². The van der Waals surface area contributed by atoms with Crippen molar-refractivity contribution < 1.29 is 22.8 Å². The third-order valence-electron chi connectivity index (χ3n) is 9.80. The van der Waals surface area contributed by atoms with Gasteiger partial charge in [0.15, 0.2) is 6.17 Å². The minimum Gasteiger partial charge on any atom is -0.333 e. The highest BCUT2D eigenvalue weighted by atomic mass is 19.4. The number of benzene rings is 2. The quantitative estimate of drug-likeness (QED) is 0.462. The van der Waals surface area contributed by atoms with Crippen LogP contribution in [0.3, 0.4) is 0 Å². The van der Waals surface area contributed by atoms with Crippen LogP contribution in [0.15, 0.2) is 65.8 Å². The van der Waals surface area contributed by atoms with E-state index in [1.54, 1.807) is 0 Å². The van der Waals surface area contributed by atoms with Gasteiger partial charge in [-0.2, -0.15) is 13.2 Å². The number of hydroxylamine groups is 1. The van der Waals surface area contributed by atoms with Crippen molar-refractivity contribution in [3.63, 3.8) is 0 Å². The number of hydrazone groups is 1. The summed E-state index contributed by atoms with van der Waals surface area (Å²) in [5.74, 6) is 0.770. The summed E-state index contributed by atoms with van der Waals surface area (Å²) < 4.78 is 39.9. The predicted octanol–water partition coefficient (Wildman–Crippen LogP) is 6.45. The van der Waals surface area contributed by atoms with Gasteiger partial charge in [0.05, 0.1) is 0 Å². The number of amidine groups is 1. The molecule has 4 saturated carbocycles. The van der Waals surface area contributed by atoms with Crippen molar-refractivity contribution in [3.8, 4) is 0 Å². The highest BCUT2D eigenvalue weighted by molar-refractivity contribution is 5.90. The zero-order valence-electron chi connectivity index (χ0n) is 21.2. The number of alkyl halides is 3. The summed E-state index contributed by atoms with van der Waals surface area (Å²) in [5, 5.41) is 5.77. The lowest BCUT2D eigenvalue weighted by molar-refractivity contribution is -0.252. The lowest BCUT2D eigenvalue weighted by atomic mass is 9.49. The number of rotatable bonds is 4. The maximum Gasteiger partial charge on any atom is 0.493 e. The molecule has 2 aliphatic heterocycles. The molecule has 8 rings (SSSR count). The van der Waals surface area contributed by atoms with E-state index in [-0.39, 0.29) is 17.3 Å². The second-order valence-electron chi connectivity index (χ2n) is 12.2. The van der Waals surface area contributed by atoms with E-state index in [4.69, 9.17) is 9.94 Å². The maximum absolute atomic E-state index is 13.3. The fourth-order valence-corrected chi connectivity index (χ4v) is 8.75. The second-order valence-corrected chi connectivity index (χ2v) is 12.2. The van der Waals surface area contributed by atoms with Crippen LogP contribution in [0.2, 0.25) is 0 Å². The summed E-state index contributed by atoms with van der Waals surface area (Å²) in [6, 6.07) is 20.5. The molecule has 4 bridgehead atoms. The molecular formula is C30H32F3N3O2. The molecule has 0 N–H and O–H groups in total. The first kappa shape index (κ1) is 24.0. The molecule has 2 aromatic rings. The third kappa shape index (κ3) is 3.98. The highest BCUT2D eigenvalue weighted by Crippen LogP contribution is 2.62. The number of nitrogens with zero attached hydrogens (tertiary/aromatic N) is 3. The molecule has 5 fully saturated rings. The van der Waals surface area contributed by atoms with Crippen LogP contribution < -0.4 is 0 Å². The molecule has 4 aliphatic carbocycles. The standard InChI is InChI=1S/C30H32F3N3O2/c31-30(32,33)28(37)38-36-26-14-24(22-7-3-1-4-8-22)25(23-9-5-2-6-10-23)18-35(26)27(34-36)29-15-19-11-20(16-29)13-21(12-19)17-29/h1-10,19-21,24-26H,11-18H2. The van der Waals surface area contributed by atoms with E-state index in [1.807, 2.05) is 36.4 Å². The molecule has 2 heterocycles. The average molecular weight is 524 g/mol. The van der Waals surface area contributed by atoms with Crippen molar-refractivity contribution >= 4 is 11.8 Å². The van der Waals surface area contributed by atoms with Crippen molar-refractivity contribution in [1.82, 2.24) is 10.1 Å². The molecule has 6 aliphatic rings.